The summed E-state index contributed by atoms with van der Waals surface area (Å²) < 4.78 is 5.24. The van der Waals surface area contributed by atoms with Gasteiger partial charge in [-0.3, -0.25) is 4.79 Å². The second kappa shape index (κ2) is 9.45. The maximum atomic E-state index is 12.4. The van der Waals surface area contributed by atoms with Crippen LogP contribution >= 0.6 is 0 Å². The van der Waals surface area contributed by atoms with Crippen LogP contribution in [0, 0.1) is 0 Å². The topological polar surface area (TPSA) is 70.2 Å². The Balaban J connectivity index is 2.00. The summed E-state index contributed by atoms with van der Waals surface area (Å²) in [6.45, 7) is 8.04. The fourth-order valence-corrected chi connectivity index (χ4v) is 3.41. The molecule has 29 heavy (non-hydrogen) atoms. The SMILES string of the molecule is CCCCC(=O)Nc1cc2nc(-c3ccc(OC)cc3)[nH]c2cc1N(CC)CC. The van der Waals surface area contributed by atoms with E-state index in [4.69, 9.17) is 9.72 Å². The maximum absolute atomic E-state index is 12.4. The van der Waals surface area contributed by atoms with Crippen LogP contribution in [-0.2, 0) is 4.79 Å². The molecule has 1 aromatic heterocycles. The number of aromatic amines is 1. The fraction of sp³-hybridized carbons (Fsp3) is 0.391. The van der Waals surface area contributed by atoms with Crippen molar-refractivity contribution in [1.82, 2.24) is 9.97 Å². The quantitative estimate of drug-likeness (QED) is 0.522. The monoisotopic (exact) mass is 394 g/mol. The fourth-order valence-electron chi connectivity index (χ4n) is 3.41. The zero-order valence-electron chi connectivity index (χ0n) is 17.7. The number of hydrogen-bond donors (Lipinski definition) is 2. The first-order chi connectivity index (χ1) is 14.1. The van der Waals surface area contributed by atoms with E-state index in [2.05, 4.69) is 42.0 Å². The Morgan fingerprint density at radius 1 is 1.14 bits per heavy atom. The van der Waals surface area contributed by atoms with Gasteiger partial charge in [0.2, 0.25) is 5.91 Å². The van der Waals surface area contributed by atoms with Gasteiger partial charge in [0.15, 0.2) is 0 Å². The average Bonchev–Trinajstić information content (AvgIpc) is 3.16. The number of carbonyl (C=O) groups is 1. The van der Waals surface area contributed by atoms with Crippen LogP contribution in [0.5, 0.6) is 5.75 Å². The molecule has 2 aromatic carbocycles. The van der Waals surface area contributed by atoms with Crippen molar-refractivity contribution in [3.8, 4) is 17.1 Å². The van der Waals surface area contributed by atoms with Crippen molar-refractivity contribution in [3.63, 3.8) is 0 Å². The molecule has 0 aliphatic heterocycles. The number of nitrogens with one attached hydrogen (secondary N) is 2. The van der Waals surface area contributed by atoms with Gasteiger partial charge in [-0.1, -0.05) is 13.3 Å². The molecule has 154 valence electrons. The van der Waals surface area contributed by atoms with Crippen LogP contribution in [0.1, 0.15) is 40.0 Å². The molecule has 0 fully saturated rings. The second-order valence-electron chi connectivity index (χ2n) is 7.02. The van der Waals surface area contributed by atoms with E-state index in [1.165, 1.54) is 0 Å². The number of imidazole rings is 1. The first kappa shape index (κ1) is 20.7. The lowest BCUT2D eigenvalue weighted by atomic mass is 10.2. The summed E-state index contributed by atoms with van der Waals surface area (Å²) in [4.78, 5) is 22.8. The van der Waals surface area contributed by atoms with E-state index in [0.717, 1.165) is 65.5 Å². The highest BCUT2D eigenvalue weighted by Gasteiger charge is 2.15. The number of carbonyl (C=O) groups excluding carboxylic acids is 1. The molecule has 0 saturated heterocycles. The number of benzene rings is 2. The zero-order valence-corrected chi connectivity index (χ0v) is 17.7. The summed E-state index contributed by atoms with van der Waals surface area (Å²) >= 11 is 0. The number of unbranched alkanes of at least 4 members (excludes halogenated alkanes) is 1. The lowest BCUT2D eigenvalue weighted by Gasteiger charge is -2.24. The number of rotatable bonds is 9. The van der Waals surface area contributed by atoms with Crippen molar-refractivity contribution in [2.75, 3.05) is 30.4 Å². The molecule has 0 aliphatic rings. The summed E-state index contributed by atoms with van der Waals surface area (Å²) in [7, 11) is 1.65. The number of hydrogen-bond acceptors (Lipinski definition) is 4. The van der Waals surface area contributed by atoms with E-state index < -0.39 is 0 Å². The number of ether oxygens (including phenoxy) is 1. The molecule has 0 bridgehead atoms. The summed E-state index contributed by atoms with van der Waals surface area (Å²) in [5, 5.41) is 3.10. The van der Waals surface area contributed by atoms with E-state index in [1.807, 2.05) is 30.3 Å². The molecule has 0 radical (unpaired) electrons. The molecule has 0 spiro atoms. The predicted molar refractivity (Wildman–Crippen MR) is 120 cm³/mol. The van der Waals surface area contributed by atoms with Gasteiger partial charge in [0.05, 0.1) is 29.5 Å². The molecule has 6 nitrogen and oxygen atoms in total. The summed E-state index contributed by atoms with van der Waals surface area (Å²) in [5.74, 6) is 1.65. The van der Waals surface area contributed by atoms with Gasteiger partial charge in [-0.15, -0.1) is 0 Å². The van der Waals surface area contributed by atoms with Crippen molar-refractivity contribution in [3.05, 3.63) is 36.4 Å². The molecule has 6 heteroatoms. The first-order valence-electron chi connectivity index (χ1n) is 10.3. The molecule has 2 N–H and O–H groups in total. The highest BCUT2D eigenvalue weighted by Crippen LogP contribution is 2.32. The van der Waals surface area contributed by atoms with Gasteiger partial charge < -0.3 is 19.9 Å². The highest BCUT2D eigenvalue weighted by molar-refractivity contribution is 5.98. The molecule has 0 saturated carbocycles. The average molecular weight is 395 g/mol. The third-order valence-electron chi connectivity index (χ3n) is 5.10. The Hall–Kier alpha value is -3.02. The largest absolute Gasteiger partial charge is 0.497 e. The van der Waals surface area contributed by atoms with Gasteiger partial charge in [0.25, 0.3) is 0 Å². The molecule has 0 aliphatic carbocycles. The molecule has 3 rings (SSSR count). The van der Waals surface area contributed by atoms with Crippen LogP contribution in [0.3, 0.4) is 0 Å². The molecular weight excluding hydrogens is 364 g/mol. The lowest BCUT2D eigenvalue weighted by Crippen LogP contribution is -2.24. The second-order valence-corrected chi connectivity index (χ2v) is 7.02. The first-order valence-corrected chi connectivity index (χ1v) is 10.3. The summed E-state index contributed by atoms with van der Waals surface area (Å²) in [5.41, 5.74) is 4.59. The molecular formula is C23H30N4O2. The standard InChI is InChI=1S/C23H30N4O2/c1-5-8-9-22(28)24-20-14-18-19(15-21(20)27(6-2)7-3)26-23(25-18)16-10-12-17(29-4)13-11-16/h10-15H,5-9H2,1-4H3,(H,24,28)(H,25,26). The number of fused-ring (bicyclic) bond motifs is 1. The Morgan fingerprint density at radius 2 is 1.86 bits per heavy atom. The van der Waals surface area contributed by atoms with Crippen molar-refractivity contribution in [2.45, 2.75) is 40.0 Å². The van der Waals surface area contributed by atoms with Gasteiger partial charge in [-0.05, 0) is 56.7 Å². The number of H-pyrrole nitrogens is 1. The van der Waals surface area contributed by atoms with Crippen molar-refractivity contribution in [1.29, 1.82) is 0 Å². The van der Waals surface area contributed by atoms with E-state index in [9.17, 15) is 4.79 Å². The van der Waals surface area contributed by atoms with Crippen LogP contribution < -0.4 is 15.0 Å². The third-order valence-corrected chi connectivity index (χ3v) is 5.10. The normalized spacial score (nSPS) is 10.9. The minimum atomic E-state index is 0.0468. The Morgan fingerprint density at radius 3 is 2.48 bits per heavy atom. The van der Waals surface area contributed by atoms with E-state index in [1.54, 1.807) is 7.11 Å². The van der Waals surface area contributed by atoms with E-state index in [0.29, 0.717) is 6.42 Å². The molecule has 0 unspecified atom stereocenters. The molecule has 0 atom stereocenters. The predicted octanol–water partition coefficient (Wildman–Crippen LogP) is 5.21. The van der Waals surface area contributed by atoms with Crippen LogP contribution in [0.2, 0.25) is 0 Å². The molecule has 1 heterocycles. The summed E-state index contributed by atoms with van der Waals surface area (Å²) in [6, 6.07) is 11.9. The van der Waals surface area contributed by atoms with Crippen LogP contribution in [-0.4, -0.2) is 36.1 Å². The summed E-state index contributed by atoms with van der Waals surface area (Å²) in [6.07, 6.45) is 2.42. The van der Waals surface area contributed by atoms with Crippen LogP contribution in [0.25, 0.3) is 22.4 Å². The molecule has 3 aromatic rings. The zero-order chi connectivity index (χ0) is 20.8. The van der Waals surface area contributed by atoms with Gasteiger partial charge in [0.1, 0.15) is 11.6 Å². The Labute approximate surface area is 172 Å². The minimum Gasteiger partial charge on any atom is -0.497 e. The highest BCUT2D eigenvalue weighted by atomic mass is 16.5. The number of aromatic nitrogens is 2. The van der Waals surface area contributed by atoms with Crippen molar-refractivity contribution >= 4 is 28.3 Å². The minimum absolute atomic E-state index is 0.0468. The third kappa shape index (κ3) is 4.70. The van der Waals surface area contributed by atoms with Crippen molar-refractivity contribution < 1.29 is 9.53 Å². The smallest absolute Gasteiger partial charge is 0.224 e. The van der Waals surface area contributed by atoms with Crippen LogP contribution in [0.15, 0.2) is 36.4 Å². The van der Waals surface area contributed by atoms with Crippen LogP contribution in [0.4, 0.5) is 11.4 Å². The van der Waals surface area contributed by atoms with E-state index >= 15 is 0 Å². The van der Waals surface area contributed by atoms with E-state index in [-0.39, 0.29) is 5.91 Å². The Kier molecular flexibility index (Phi) is 6.75. The van der Waals surface area contributed by atoms with Crippen molar-refractivity contribution in [2.24, 2.45) is 0 Å². The number of methoxy groups -OCH3 is 1. The van der Waals surface area contributed by atoms with Gasteiger partial charge in [-0.2, -0.15) is 0 Å². The van der Waals surface area contributed by atoms with Gasteiger partial charge in [0, 0.05) is 25.1 Å². The number of anilines is 2. The number of amides is 1. The van der Waals surface area contributed by atoms with Gasteiger partial charge >= 0.3 is 0 Å². The maximum Gasteiger partial charge on any atom is 0.224 e. The Bertz CT molecular complexity index is 959. The van der Waals surface area contributed by atoms with Gasteiger partial charge in [-0.25, -0.2) is 4.98 Å². The number of nitrogens with zero attached hydrogens (tertiary/aromatic N) is 2. The lowest BCUT2D eigenvalue weighted by molar-refractivity contribution is -0.116. The molecule has 1 amide bonds.